The molecule has 0 saturated carbocycles. The van der Waals surface area contributed by atoms with E-state index in [2.05, 4.69) is 4.98 Å². The fraction of sp³-hybridized carbons (Fsp3) is 0.167. The number of nitrogens with two attached hydrogens (primary N) is 1. The molecule has 1 atom stereocenters. The van der Waals surface area contributed by atoms with Gasteiger partial charge in [-0.05, 0) is 24.6 Å². The summed E-state index contributed by atoms with van der Waals surface area (Å²) in [6, 6.07) is 5.31. The average molecular weight is 248 g/mol. The van der Waals surface area contributed by atoms with Crippen LogP contribution in [0.2, 0.25) is 0 Å². The lowest BCUT2D eigenvalue weighted by molar-refractivity contribution is -0.138. The van der Waals surface area contributed by atoms with Gasteiger partial charge in [0.25, 0.3) is 0 Å². The van der Waals surface area contributed by atoms with E-state index < -0.39 is 11.9 Å². The summed E-state index contributed by atoms with van der Waals surface area (Å²) >= 11 is 1.50. The van der Waals surface area contributed by atoms with E-state index >= 15 is 0 Å². The number of nitrogen functional groups attached to an aromatic ring is 1. The Balaban J connectivity index is 2.39. The summed E-state index contributed by atoms with van der Waals surface area (Å²) in [5.74, 6) is -1.41. The third kappa shape index (κ3) is 2.29. The van der Waals surface area contributed by atoms with E-state index in [0.29, 0.717) is 11.3 Å². The highest BCUT2D eigenvalue weighted by Gasteiger charge is 2.15. The Hall–Kier alpha value is -1.88. The van der Waals surface area contributed by atoms with Crippen LogP contribution in [-0.4, -0.2) is 16.1 Å². The van der Waals surface area contributed by atoms with Crippen LogP contribution in [0.4, 0.5) is 5.69 Å². The maximum Gasteiger partial charge on any atom is 0.310 e. The highest BCUT2D eigenvalue weighted by Crippen LogP contribution is 2.30. The van der Waals surface area contributed by atoms with Crippen molar-refractivity contribution in [3.8, 4) is 10.6 Å². The predicted octanol–water partition coefficient (Wildman–Crippen LogP) is 2.58. The second-order valence-corrected chi connectivity index (χ2v) is 4.64. The van der Waals surface area contributed by atoms with Crippen molar-refractivity contribution in [3.05, 3.63) is 35.3 Å². The topological polar surface area (TPSA) is 76.2 Å². The Morgan fingerprint density at radius 3 is 2.82 bits per heavy atom. The molecule has 2 rings (SSSR count). The van der Waals surface area contributed by atoms with Gasteiger partial charge in [-0.3, -0.25) is 4.79 Å². The Kier molecular flexibility index (Phi) is 3.10. The molecule has 0 fully saturated rings. The monoisotopic (exact) mass is 248 g/mol. The Bertz CT molecular complexity index is 537. The van der Waals surface area contributed by atoms with E-state index in [-0.39, 0.29) is 0 Å². The number of benzene rings is 1. The van der Waals surface area contributed by atoms with Crippen LogP contribution in [0.15, 0.2) is 29.8 Å². The number of aliphatic carboxylic acids is 1. The molecule has 2 aromatic rings. The normalized spacial score (nSPS) is 12.3. The summed E-state index contributed by atoms with van der Waals surface area (Å²) in [4.78, 5) is 15.1. The van der Waals surface area contributed by atoms with E-state index in [1.807, 2.05) is 11.4 Å². The maximum atomic E-state index is 10.9. The average Bonchev–Trinajstić information content (AvgIpc) is 2.81. The van der Waals surface area contributed by atoms with Gasteiger partial charge in [-0.2, -0.15) is 0 Å². The molecule has 0 bridgehead atoms. The third-order valence-corrected chi connectivity index (χ3v) is 3.42. The molecular formula is C12H12N2O2S. The molecule has 0 spiro atoms. The number of carboxylic acid groups (broad SMARTS) is 1. The minimum atomic E-state index is -0.855. The molecule has 0 aliphatic carbocycles. The molecule has 1 aromatic carbocycles. The first-order valence-corrected chi connectivity index (χ1v) is 5.99. The predicted molar refractivity (Wildman–Crippen MR) is 68.0 cm³/mol. The van der Waals surface area contributed by atoms with Crippen molar-refractivity contribution >= 4 is 23.0 Å². The molecule has 3 N–H and O–H groups in total. The van der Waals surface area contributed by atoms with E-state index in [9.17, 15) is 4.79 Å². The summed E-state index contributed by atoms with van der Waals surface area (Å²) in [5.41, 5.74) is 8.04. The van der Waals surface area contributed by atoms with Crippen LogP contribution in [0.1, 0.15) is 18.4 Å². The third-order valence-electron chi connectivity index (χ3n) is 2.61. The van der Waals surface area contributed by atoms with Crippen molar-refractivity contribution in [2.24, 2.45) is 0 Å². The lowest BCUT2D eigenvalue weighted by Crippen LogP contribution is -2.07. The zero-order valence-electron chi connectivity index (χ0n) is 9.25. The van der Waals surface area contributed by atoms with Gasteiger partial charge in [-0.1, -0.05) is 6.07 Å². The number of carboxylic acids is 1. The Labute approximate surface area is 103 Å². The van der Waals surface area contributed by atoms with Crippen molar-refractivity contribution in [3.63, 3.8) is 0 Å². The number of hydrogen-bond acceptors (Lipinski definition) is 4. The minimum Gasteiger partial charge on any atom is -0.481 e. The van der Waals surface area contributed by atoms with E-state index in [1.54, 1.807) is 25.3 Å². The summed E-state index contributed by atoms with van der Waals surface area (Å²) < 4.78 is 0. The first-order valence-electron chi connectivity index (χ1n) is 5.11. The van der Waals surface area contributed by atoms with Gasteiger partial charge in [0.05, 0.1) is 5.92 Å². The van der Waals surface area contributed by atoms with Crippen LogP contribution in [0.5, 0.6) is 0 Å². The second-order valence-electron chi connectivity index (χ2n) is 3.74. The van der Waals surface area contributed by atoms with Crippen molar-refractivity contribution in [2.75, 3.05) is 5.73 Å². The second kappa shape index (κ2) is 4.55. The summed E-state index contributed by atoms with van der Waals surface area (Å²) in [6.07, 6.45) is 1.72. The van der Waals surface area contributed by atoms with Crippen LogP contribution >= 0.6 is 11.3 Å². The number of rotatable bonds is 3. The van der Waals surface area contributed by atoms with Gasteiger partial charge in [0, 0.05) is 22.8 Å². The molecule has 0 aliphatic heterocycles. The van der Waals surface area contributed by atoms with Crippen LogP contribution in [0.3, 0.4) is 0 Å². The molecule has 0 saturated heterocycles. The number of nitrogens with zero attached hydrogens (tertiary/aromatic N) is 1. The molecule has 4 nitrogen and oxygen atoms in total. The fourth-order valence-corrected chi connectivity index (χ4v) is 2.23. The maximum absolute atomic E-state index is 10.9. The zero-order chi connectivity index (χ0) is 12.4. The number of carbonyl (C=O) groups is 1. The highest BCUT2D eigenvalue weighted by atomic mass is 32.1. The van der Waals surface area contributed by atoms with Gasteiger partial charge in [0.1, 0.15) is 5.01 Å². The molecule has 1 unspecified atom stereocenters. The lowest BCUT2D eigenvalue weighted by Gasteiger charge is -2.09. The van der Waals surface area contributed by atoms with Crippen LogP contribution in [-0.2, 0) is 4.79 Å². The molecule has 0 radical (unpaired) electrons. The van der Waals surface area contributed by atoms with Crippen LogP contribution < -0.4 is 5.73 Å². The number of aromatic nitrogens is 1. The van der Waals surface area contributed by atoms with Crippen LogP contribution in [0, 0.1) is 0 Å². The minimum absolute atomic E-state index is 0.553. The first-order chi connectivity index (χ1) is 8.09. The summed E-state index contributed by atoms with van der Waals surface area (Å²) in [5, 5.41) is 11.7. The van der Waals surface area contributed by atoms with Gasteiger partial charge in [0.15, 0.2) is 0 Å². The van der Waals surface area contributed by atoms with Crippen molar-refractivity contribution in [1.29, 1.82) is 0 Å². The number of hydrogen-bond donors (Lipinski definition) is 2. The van der Waals surface area contributed by atoms with Gasteiger partial charge in [-0.25, -0.2) is 4.98 Å². The Morgan fingerprint density at radius 1 is 1.53 bits per heavy atom. The van der Waals surface area contributed by atoms with E-state index in [1.165, 1.54) is 11.3 Å². The molecule has 0 aliphatic rings. The molecule has 17 heavy (non-hydrogen) atoms. The number of thiazole rings is 1. The van der Waals surface area contributed by atoms with Gasteiger partial charge in [0.2, 0.25) is 0 Å². The van der Waals surface area contributed by atoms with Gasteiger partial charge in [-0.15, -0.1) is 11.3 Å². The molecule has 5 heteroatoms. The smallest absolute Gasteiger partial charge is 0.310 e. The highest BCUT2D eigenvalue weighted by molar-refractivity contribution is 7.13. The van der Waals surface area contributed by atoms with Gasteiger partial charge < -0.3 is 10.8 Å². The SMILES string of the molecule is CC(C(=O)O)c1ccc(-c2nccs2)c(N)c1. The fourth-order valence-electron chi connectivity index (χ4n) is 1.54. The first kappa shape index (κ1) is 11.6. The summed E-state index contributed by atoms with van der Waals surface area (Å²) in [7, 11) is 0. The van der Waals surface area contributed by atoms with Crippen molar-refractivity contribution < 1.29 is 9.90 Å². The quantitative estimate of drug-likeness (QED) is 0.818. The number of anilines is 1. The molecule has 1 aromatic heterocycles. The Morgan fingerprint density at radius 2 is 2.29 bits per heavy atom. The van der Waals surface area contributed by atoms with Gasteiger partial charge >= 0.3 is 5.97 Å². The molecule has 0 amide bonds. The van der Waals surface area contributed by atoms with E-state index in [4.69, 9.17) is 10.8 Å². The lowest BCUT2D eigenvalue weighted by atomic mass is 9.99. The van der Waals surface area contributed by atoms with Crippen molar-refractivity contribution in [2.45, 2.75) is 12.8 Å². The molecule has 88 valence electrons. The largest absolute Gasteiger partial charge is 0.481 e. The zero-order valence-corrected chi connectivity index (χ0v) is 10.1. The van der Waals surface area contributed by atoms with Crippen LogP contribution in [0.25, 0.3) is 10.6 Å². The molecular weight excluding hydrogens is 236 g/mol. The van der Waals surface area contributed by atoms with E-state index in [0.717, 1.165) is 10.6 Å². The molecule has 1 heterocycles. The van der Waals surface area contributed by atoms with Crippen molar-refractivity contribution in [1.82, 2.24) is 4.98 Å². The standard InChI is InChI=1S/C12H12N2O2S/c1-7(12(15)16)8-2-3-9(10(13)6-8)11-14-4-5-17-11/h2-7H,13H2,1H3,(H,15,16). The summed E-state index contributed by atoms with van der Waals surface area (Å²) in [6.45, 7) is 1.64.